The van der Waals surface area contributed by atoms with E-state index in [-0.39, 0.29) is 0 Å². The zero-order valence-electron chi connectivity index (χ0n) is 10.4. The Hall–Kier alpha value is -2.45. The summed E-state index contributed by atoms with van der Waals surface area (Å²) in [5, 5.41) is 22.2. The van der Waals surface area contributed by atoms with E-state index in [0.717, 1.165) is 5.56 Å². The van der Waals surface area contributed by atoms with E-state index in [9.17, 15) is 9.82 Å². The zero-order valence-corrected chi connectivity index (χ0v) is 10.4. The molecule has 0 aliphatic carbocycles. The monoisotopic (exact) mass is 270 g/mol. The highest BCUT2D eigenvalue weighted by Gasteiger charge is 2.27. The second-order valence-corrected chi connectivity index (χ2v) is 4.29. The van der Waals surface area contributed by atoms with Crippen molar-refractivity contribution in [3.63, 3.8) is 0 Å². The molecule has 1 aliphatic rings. The molecule has 0 atom stereocenters. The molecule has 1 aromatic carbocycles. The lowest BCUT2D eigenvalue weighted by Gasteiger charge is -2.08. The number of rotatable bonds is 2. The van der Waals surface area contributed by atoms with E-state index >= 15 is 0 Å². The first-order chi connectivity index (χ1) is 9.72. The van der Waals surface area contributed by atoms with Crippen molar-refractivity contribution in [2.45, 2.75) is 6.61 Å². The predicted octanol–water partition coefficient (Wildman–Crippen LogP) is 0.338. The lowest BCUT2D eigenvalue weighted by atomic mass is 9.79. The van der Waals surface area contributed by atoms with Crippen molar-refractivity contribution < 1.29 is 14.5 Å². The van der Waals surface area contributed by atoms with Crippen LogP contribution in [0.1, 0.15) is 5.56 Å². The number of nitrogens with zero attached hydrogens (tertiary/aromatic N) is 2. The van der Waals surface area contributed by atoms with Crippen molar-refractivity contribution in [3.05, 3.63) is 42.2 Å². The zero-order chi connectivity index (χ0) is 13.9. The summed E-state index contributed by atoms with van der Waals surface area (Å²) >= 11 is 0. The number of aromatic nitrogens is 2. The number of nitrogens with one attached hydrogen (secondary N) is 2. The minimum absolute atomic E-state index is 0.381. The molecule has 100 valence electrons. The molecule has 0 bridgehead atoms. The average Bonchev–Trinajstić information content (AvgIpc) is 2.81. The van der Waals surface area contributed by atoms with Crippen molar-refractivity contribution >= 4 is 30.0 Å². The van der Waals surface area contributed by atoms with Gasteiger partial charge in [0.05, 0.1) is 24.7 Å². The van der Waals surface area contributed by atoms with Crippen LogP contribution in [0.3, 0.4) is 0 Å². The Morgan fingerprint density at radius 3 is 2.90 bits per heavy atom. The third-order valence-electron chi connectivity index (χ3n) is 2.91. The Labute approximate surface area is 115 Å². The Morgan fingerprint density at radius 2 is 2.10 bits per heavy atom. The van der Waals surface area contributed by atoms with Gasteiger partial charge in [-0.15, -0.1) is 0 Å². The van der Waals surface area contributed by atoms with Crippen molar-refractivity contribution in [2.75, 3.05) is 10.6 Å². The SMILES string of the molecule is O=C(Nc1ccnnc1)Nc1ccc2c(c1)B(O)OC2. The normalized spacial score (nSPS) is 12.9. The molecule has 2 aromatic rings. The number of hydrogen-bond acceptors (Lipinski definition) is 5. The minimum Gasteiger partial charge on any atom is -0.423 e. The van der Waals surface area contributed by atoms with Crippen LogP contribution in [0.2, 0.25) is 0 Å². The second kappa shape index (κ2) is 5.28. The summed E-state index contributed by atoms with van der Waals surface area (Å²) in [6, 6.07) is 6.50. The third-order valence-corrected chi connectivity index (χ3v) is 2.91. The largest absolute Gasteiger partial charge is 0.491 e. The number of anilines is 2. The molecule has 0 saturated heterocycles. The number of carbonyl (C=O) groups excluding carboxylic acids is 1. The Balaban J connectivity index is 1.69. The van der Waals surface area contributed by atoms with Crippen LogP contribution in [0.4, 0.5) is 16.2 Å². The van der Waals surface area contributed by atoms with Gasteiger partial charge in [0.1, 0.15) is 0 Å². The quantitative estimate of drug-likeness (QED) is 0.684. The Bertz CT molecular complexity index is 638. The number of benzene rings is 1. The van der Waals surface area contributed by atoms with Crippen LogP contribution < -0.4 is 16.1 Å². The summed E-state index contributed by atoms with van der Waals surface area (Å²) in [5.74, 6) is 0. The lowest BCUT2D eigenvalue weighted by molar-refractivity contribution is 0.262. The van der Waals surface area contributed by atoms with Gasteiger partial charge in [0.15, 0.2) is 0 Å². The number of fused-ring (bicyclic) bond motifs is 1. The number of hydrogen-bond donors (Lipinski definition) is 3. The molecule has 0 radical (unpaired) electrons. The van der Waals surface area contributed by atoms with Crippen molar-refractivity contribution in [1.82, 2.24) is 10.2 Å². The molecular weight excluding hydrogens is 259 g/mol. The molecule has 7 nitrogen and oxygen atoms in total. The molecule has 1 aromatic heterocycles. The first-order valence-corrected chi connectivity index (χ1v) is 5.99. The van der Waals surface area contributed by atoms with E-state index in [1.807, 2.05) is 6.07 Å². The Morgan fingerprint density at radius 1 is 1.25 bits per heavy atom. The molecule has 2 amide bonds. The van der Waals surface area contributed by atoms with Crippen LogP contribution in [0.25, 0.3) is 0 Å². The van der Waals surface area contributed by atoms with Gasteiger partial charge >= 0.3 is 13.1 Å². The number of carbonyl (C=O) groups is 1. The molecule has 3 N–H and O–H groups in total. The highest BCUT2D eigenvalue weighted by Crippen LogP contribution is 2.14. The van der Waals surface area contributed by atoms with Gasteiger partial charge in [-0.05, 0) is 29.2 Å². The average molecular weight is 270 g/mol. The van der Waals surface area contributed by atoms with E-state index in [4.69, 9.17) is 4.65 Å². The number of amides is 2. The number of urea groups is 1. The topological polar surface area (TPSA) is 96.4 Å². The third kappa shape index (κ3) is 2.61. The molecule has 0 saturated carbocycles. The fraction of sp³-hybridized carbons (Fsp3) is 0.0833. The minimum atomic E-state index is -0.931. The standard InChI is InChI=1S/C12H11BN4O3/c18-12(17-10-3-4-14-15-6-10)16-9-2-1-8-7-20-13(19)11(8)5-9/h1-6,19H,7H2,(H2,14,16,17,18). The predicted molar refractivity (Wildman–Crippen MR) is 73.5 cm³/mol. The fourth-order valence-electron chi connectivity index (χ4n) is 1.95. The van der Waals surface area contributed by atoms with Crippen molar-refractivity contribution in [2.24, 2.45) is 0 Å². The molecular formula is C12H11BN4O3. The highest BCUT2D eigenvalue weighted by atomic mass is 16.5. The van der Waals surface area contributed by atoms with Gasteiger partial charge in [0.25, 0.3) is 0 Å². The first kappa shape index (κ1) is 12.6. The van der Waals surface area contributed by atoms with Crippen LogP contribution in [-0.4, -0.2) is 28.4 Å². The van der Waals surface area contributed by atoms with Crippen molar-refractivity contribution in [1.29, 1.82) is 0 Å². The van der Waals surface area contributed by atoms with Crippen LogP contribution in [-0.2, 0) is 11.3 Å². The Kier molecular flexibility index (Phi) is 3.32. The van der Waals surface area contributed by atoms with Gasteiger partial charge in [-0.2, -0.15) is 10.2 Å². The molecule has 2 heterocycles. The second-order valence-electron chi connectivity index (χ2n) is 4.29. The van der Waals surface area contributed by atoms with Crippen molar-refractivity contribution in [3.8, 4) is 0 Å². The van der Waals surface area contributed by atoms with Crippen LogP contribution >= 0.6 is 0 Å². The fourth-order valence-corrected chi connectivity index (χ4v) is 1.95. The maximum absolute atomic E-state index is 11.8. The van der Waals surface area contributed by atoms with Gasteiger partial charge in [0.2, 0.25) is 0 Å². The molecule has 20 heavy (non-hydrogen) atoms. The maximum Gasteiger partial charge on any atom is 0.491 e. The van der Waals surface area contributed by atoms with Gasteiger partial charge in [-0.3, -0.25) is 0 Å². The van der Waals surface area contributed by atoms with Gasteiger partial charge < -0.3 is 20.3 Å². The summed E-state index contributed by atoms with van der Waals surface area (Å²) in [4.78, 5) is 11.8. The van der Waals surface area contributed by atoms with E-state index in [1.54, 1.807) is 18.2 Å². The summed E-state index contributed by atoms with van der Waals surface area (Å²) in [5.41, 5.74) is 2.71. The molecule has 0 unspecified atom stereocenters. The van der Waals surface area contributed by atoms with E-state index in [1.165, 1.54) is 12.4 Å². The maximum atomic E-state index is 11.8. The molecule has 3 rings (SSSR count). The summed E-state index contributed by atoms with van der Waals surface area (Å²) in [6.07, 6.45) is 2.93. The summed E-state index contributed by atoms with van der Waals surface area (Å²) in [7, 11) is -0.931. The highest BCUT2D eigenvalue weighted by molar-refractivity contribution is 6.61. The molecule has 1 aliphatic heterocycles. The molecule has 0 spiro atoms. The van der Waals surface area contributed by atoms with Gasteiger partial charge in [0, 0.05) is 5.69 Å². The molecule has 8 heteroatoms. The van der Waals surface area contributed by atoms with Crippen LogP contribution in [0, 0.1) is 0 Å². The smallest absolute Gasteiger partial charge is 0.423 e. The van der Waals surface area contributed by atoms with E-state index in [0.29, 0.717) is 23.4 Å². The van der Waals surface area contributed by atoms with Crippen LogP contribution in [0.5, 0.6) is 0 Å². The van der Waals surface area contributed by atoms with Gasteiger partial charge in [-0.1, -0.05) is 6.07 Å². The summed E-state index contributed by atoms with van der Waals surface area (Å²) < 4.78 is 5.09. The first-order valence-electron chi connectivity index (χ1n) is 5.99. The summed E-state index contributed by atoms with van der Waals surface area (Å²) in [6.45, 7) is 0.381. The van der Waals surface area contributed by atoms with E-state index in [2.05, 4.69) is 20.8 Å². The molecule has 0 fully saturated rings. The van der Waals surface area contributed by atoms with Crippen LogP contribution in [0.15, 0.2) is 36.7 Å². The lowest BCUT2D eigenvalue weighted by Crippen LogP contribution is -2.29. The van der Waals surface area contributed by atoms with E-state index < -0.39 is 13.1 Å². The van der Waals surface area contributed by atoms with Gasteiger partial charge in [-0.25, -0.2) is 4.79 Å².